The Balaban J connectivity index is 2.26. The van der Waals surface area contributed by atoms with Crippen molar-refractivity contribution < 1.29 is 0 Å². The Hall–Kier alpha value is -1.24. The fourth-order valence-corrected chi connectivity index (χ4v) is 3.11. The number of nitrogens with one attached hydrogen (secondary N) is 2. The molecule has 0 saturated heterocycles. The Morgan fingerprint density at radius 3 is 2.90 bits per heavy atom. The zero-order valence-corrected chi connectivity index (χ0v) is 13.9. The predicted octanol–water partition coefficient (Wildman–Crippen LogP) is 3.07. The van der Waals surface area contributed by atoms with Gasteiger partial charge in [0.2, 0.25) is 0 Å². The smallest absolute Gasteiger partial charge is 0.313 e. The molecule has 2 aromatic rings. The standard InChI is InChI=1S/C14H19ClN4OS/c1-4-7-19-13(20)17-18-14(19)21-12-6-5-10(8-11(12)15)9(2)16-3/h5-6,8-9,16H,4,7H2,1-3H3,(H,17,20). The molecule has 7 heteroatoms. The van der Waals surface area contributed by atoms with E-state index in [2.05, 4.69) is 22.4 Å². The number of hydrogen-bond acceptors (Lipinski definition) is 4. The van der Waals surface area contributed by atoms with Crippen molar-refractivity contribution in [3.05, 3.63) is 39.3 Å². The number of rotatable bonds is 6. The Bertz CT molecular complexity index is 667. The van der Waals surface area contributed by atoms with Crippen LogP contribution in [0.2, 0.25) is 5.02 Å². The van der Waals surface area contributed by atoms with E-state index in [9.17, 15) is 4.79 Å². The molecule has 21 heavy (non-hydrogen) atoms. The number of H-pyrrole nitrogens is 1. The fourth-order valence-electron chi connectivity index (χ4n) is 1.94. The highest BCUT2D eigenvalue weighted by Gasteiger charge is 2.12. The molecule has 114 valence electrons. The summed E-state index contributed by atoms with van der Waals surface area (Å²) in [7, 11) is 1.91. The van der Waals surface area contributed by atoms with E-state index in [1.165, 1.54) is 11.8 Å². The molecule has 0 aliphatic heterocycles. The molecule has 1 aromatic heterocycles. The van der Waals surface area contributed by atoms with Crippen LogP contribution >= 0.6 is 23.4 Å². The molecule has 5 nitrogen and oxygen atoms in total. The molecule has 0 spiro atoms. The lowest BCUT2D eigenvalue weighted by atomic mass is 10.1. The molecular formula is C14H19ClN4OS. The molecule has 0 fully saturated rings. The van der Waals surface area contributed by atoms with Crippen LogP contribution in [0.4, 0.5) is 0 Å². The van der Waals surface area contributed by atoms with Crippen molar-refractivity contribution in [2.75, 3.05) is 7.05 Å². The molecule has 1 aromatic carbocycles. The highest BCUT2D eigenvalue weighted by molar-refractivity contribution is 7.99. The largest absolute Gasteiger partial charge is 0.343 e. The lowest BCUT2D eigenvalue weighted by Crippen LogP contribution is -2.17. The molecule has 0 amide bonds. The maximum atomic E-state index is 11.7. The molecule has 2 rings (SSSR count). The quantitative estimate of drug-likeness (QED) is 0.856. The Kier molecular flexibility index (Phi) is 5.50. The molecule has 1 unspecified atom stereocenters. The third-order valence-corrected chi connectivity index (χ3v) is 4.76. The summed E-state index contributed by atoms with van der Waals surface area (Å²) < 4.78 is 1.63. The first-order valence-corrected chi connectivity index (χ1v) is 8.06. The van der Waals surface area contributed by atoms with Gasteiger partial charge in [-0.25, -0.2) is 9.89 Å². The van der Waals surface area contributed by atoms with Gasteiger partial charge in [-0.2, -0.15) is 0 Å². The summed E-state index contributed by atoms with van der Waals surface area (Å²) in [5.74, 6) is 0. The lowest BCUT2D eigenvalue weighted by Gasteiger charge is -2.12. The van der Waals surface area contributed by atoms with Crippen molar-refractivity contribution >= 4 is 23.4 Å². The number of aromatic nitrogens is 3. The van der Waals surface area contributed by atoms with E-state index in [-0.39, 0.29) is 11.7 Å². The monoisotopic (exact) mass is 326 g/mol. The van der Waals surface area contributed by atoms with Crippen LogP contribution in [0, 0.1) is 0 Å². The van der Waals surface area contributed by atoms with Gasteiger partial charge in [0.25, 0.3) is 0 Å². The first-order valence-electron chi connectivity index (χ1n) is 6.86. The van der Waals surface area contributed by atoms with Crippen molar-refractivity contribution in [3.8, 4) is 0 Å². The van der Waals surface area contributed by atoms with E-state index in [1.54, 1.807) is 4.57 Å². The maximum Gasteiger partial charge on any atom is 0.343 e. The van der Waals surface area contributed by atoms with Crippen molar-refractivity contribution in [1.29, 1.82) is 0 Å². The van der Waals surface area contributed by atoms with Gasteiger partial charge in [-0.15, -0.1) is 5.10 Å². The molecule has 0 aliphatic carbocycles. The first-order chi connectivity index (χ1) is 10.1. The van der Waals surface area contributed by atoms with Gasteiger partial charge in [-0.05, 0) is 49.9 Å². The third kappa shape index (κ3) is 3.70. The topological polar surface area (TPSA) is 62.7 Å². The SMILES string of the molecule is CCCn1c(Sc2ccc(C(C)NC)cc2Cl)n[nH]c1=O. The summed E-state index contributed by atoms with van der Waals surface area (Å²) >= 11 is 7.74. The third-order valence-electron chi connectivity index (χ3n) is 3.26. The number of hydrogen-bond donors (Lipinski definition) is 2. The maximum absolute atomic E-state index is 11.7. The highest BCUT2D eigenvalue weighted by atomic mass is 35.5. The number of benzene rings is 1. The van der Waals surface area contributed by atoms with Crippen molar-refractivity contribution in [2.45, 2.75) is 42.9 Å². The van der Waals surface area contributed by atoms with Crippen LogP contribution in [0.1, 0.15) is 31.9 Å². The second kappa shape index (κ2) is 7.15. The summed E-state index contributed by atoms with van der Waals surface area (Å²) in [6.45, 7) is 4.74. The van der Waals surface area contributed by atoms with Crippen LogP contribution in [-0.2, 0) is 6.54 Å². The number of nitrogens with zero attached hydrogens (tertiary/aromatic N) is 2. The summed E-state index contributed by atoms with van der Waals surface area (Å²) in [5, 5.41) is 11.0. The van der Waals surface area contributed by atoms with Crippen molar-refractivity contribution in [2.24, 2.45) is 0 Å². The van der Waals surface area contributed by atoms with Gasteiger partial charge in [0.05, 0.1) is 5.02 Å². The summed E-state index contributed by atoms with van der Waals surface area (Å²) in [6, 6.07) is 6.18. The zero-order valence-electron chi connectivity index (χ0n) is 12.3. The average molecular weight is 327 g/mol. The van der Waals surface area contributed by atoms with Crippen LogP contribution in [0.15, 0.2) is 33.0 Å². The Labute approximate surface area is 133 Å². The van der Waals surface area contributed by atoms with Gasteiger partial charge in [0.1, 0.15) is 0 Å². The molecule has 0 bridgehead atoms. The van der Waals surface area contributed by atoms with E-state index in [4.69, 9.17) is 11.6 Å². The van der Waals surface area contributed by atoms with Gasteiger partial charge in [0, 0.05) is 17.5 Å². The second-order valence-electron chi connectivity index (χ2n) is 4.77. The van der Waals surface area contributed by atoms with E-state index in [1.807, 2.05) is 32.2 Å². The predicted molar refractivity (Wildman–Crippen MR) is 86.2 cm³/mol. The molecule has 0 radical (unpaired) electrons. The minimum absolute atomic E-state index is 0.184. The Morgan fingerprint density at radius 1 is 1.52 bits per heavy atom. The summed E-state index contributed by atoms with van der Waals surface area (Å²) in [4.78, 5) is 12.6. The van der Waals surface area contributed by atoms with Gasteiger partial charge in [0.15, 0.2) is 5.16 Å². The molecule has 0 aliphatic rings. The zero-order chi connectivity index (χ0) is 15.4. The molecule has 0 saturated carbocycles. The number of aromatic amines is 1. The van der Waals surface area contributed by atoms with Gasteiger partial charge in [-0.3, -0.25) is 4.57 Å². The van der Waals surface area contributed by atoms with Crippen LogP contribution < -0.4 is 11.0 Å². The van der Waals surface area contributed by atoms with Crippen molar-refractivity contribution in [1.82, 2.24) is 20.1 Å². The van der Waals surface area contributed by atoms with Crippen LogP contribution in [-0.4, -0.2) is 21.8 Å². The van der Waals surface area contributed by atoms with Gasteiger partial charge < -0.3 is 5.32 Å². The molecular weight excluding hydrogens is 308 g/mol. The van der Waals surface area contributed by atoms with Crippen LogP contribution in [0.3, 0.4) is 0 Å². The average Bonchev–Trinajstić information content (AvgIpc) is 2.82. The van der Waals surface area contributed by atoms with E-state index < -0.39 is 0 Å². The second-order valence-corrected chi connectivity index (χ2v) is 6.18. The minimum Gasteiger partial charge on any atom is -0.313 e. The normalized spacial score (nSPS) is 12.6. The lowest BCUT2D eigenvalue weighted by molar-refractivity contribution is 0.604. The summed E-state index contributed by atoms with van der Waals surface area (Å²) in [5.41, 5.74) is 0.940. The van der Waals surface area contributed by atoms with Gasteiger partial charge in [-0.1, -0.05) is 24.6 Å². The highest BCUT2D eigenvalue weighted by Crippen LogP contribution is 2.33. The molecule has 1 atom stereocenters. The van der Waals surface area contributed by atoms with Gasteiger partial charge >= 0.3 is 5.69 Å². The van der Waals surface area contributed by atoms with Crippen LogP contribution in [0.25, 0.3) is 0 Å². The molecule has 1 heterocycles. The van der Waals surface area contributed by atoms with E-state index in [0.717, 1.165) is 16.9 Å². The number of halogens is 1. The molecule has 2 N–H and O–H groups in total. The van der Waals surface area contributed by atoms with Crippen LogP contribution in [0.5, 0.6) is 0 Å². The van der Waals surface area contributed by atoms with E-state index >= 15 is 0 Å². The van der Waals surface area contributed by atoms with E-state index in [0.29, 0.717) is 16.7 Å². The first kappa shape index (κ1) is 16.1. The fraction of sp³-hybridized carbons (Fsp3) is 0.429. The van der Waals surface area contributed by atoms with Crippen molar-refractivity contribution in [3.63, 3.8) is 0 Å². The Morgan fingerprint density at radius 2 is 2.29 bits per heavy atom. The minimum atomic E-state index is -0.184. The summed E-state index contributed by atoms with van der Waals surface area (Å²) in [6.07, 6.45) is 0.874.